The zero-order valence-electron chi connectivity index (χ0n) is 18.6. The van der Waals surface area contributed by atoms with Crippen LogP contribution in [0.4, 0.5) is 5.82 Å². The molecule has 0 fully saturated rings. The molecular formula is C27H33N3O. The number of rotatable bonds is 12. The van der Waals surface area contributed by atoms with Gasteiger partial charge in [0.05, 0.1) is 5.71 Å². The molecule has 1 heterocycles. The standard InChI is InChI=1S/C27H33N3O/c1-3-5-13-23(10-4-2)30-27-25(14-9-19-29-27)26(28)22-15-17-24(18-16-22)31-20-21-11-7-6-8-12-21/h6-9,11-12,14-19,23,28H,3-5,10,13,20H2,1-2H3,(H,29,30). The smallest absolute Gasteiger partial charge is 0.135 e. The van der Waals surface area contributed by atoms with Crippen LogP contribution in [-0.2, 0) is 6.61 Å². The summed E-state index contributed by atoms with van der Waals surface area (Å²) in [6.45, 7) is 4.96. The van der Waals surface area contributed by atoms with Crippen molar-refractivity contribution in [2.24, 2.45) is 0 Å². The van der Waals surface area contributed by atoms with E-state index in [4.69, 9.17) is 10.1 Å². The molecule has 3 rings (SSSR count). The lowest BCUT2D eigenvalue weighted by Gasteiger charge is -2.20. The van der Waals surface area contributed by atoms with Crippen molar-refractivity contribution in [2.75, 3.05) is 5.32 Å². The molecule has 0 aliphatic carbocycles. The molecular weight excluding hydrogens is 382 g/mol. The lowest BCUT2D eigenvalue weighted by Crippen LogP contribution is -2.22. The molecule has 31 heavy (non-hydrogen) atoms. The van der Waals surface area contributed by atoms with Crippen molar-refractivity contribution in [3.63, 3.8) is 0 Å². The molecule has 0 aliphatic rings. The minimum Gasteiger partial charge on any atom is -0.489 e. The maximum absolute atomic E-state index is 8.78. The number of nitrogens with one attached hydrogen (secondary N) is 2. The van der Waals surface area contributed by atoms with E-state index in [9.17, 15) is 0 Å². The summed E-state index contributed by atoms with van der Waals surface area (Å²) in [4.78, 5) is 4.56. The molecule has 0 radical (unpaired) electrons. The Hall–Kier alpha value is -3.14. The second kappa shape index (κ2) is 11.9. The number of benzene rings is 2. The third kappa shape index (κ3) is 6.68. The first kappa shape index (κ1) is 22.5. The maximum atomic E-state index is 8.78. The summed E-state index contributed by atoms with van der Waals surface area (Å²) in [6, 6.07) is 22.1. The van der Waals surface area contributed by atoms with Gasteiger partial charge in [-0.15, -0.1) is 0 Å². The summed E-state index contributed by atoms with van der Waals surface area (Å²) in [5, 5.41) is 12.4. The Labute approximate surface area is 186 Å². The Kier molecular flexibility index (Phi) is 8.65. The summed E-state index contributed by atoms with van der Waals surface area (Å²) in [6.07, 6.45) is 7.54. The van der Waals surface area contributed by atoms with Crippen molar-refractivity contribution in [3.8, 4) is 5.75 Å². The lowest BCUT2D eigenvalue weighted by molar-refractivity contribution is 0.306. The van der Waals surface area contributed by atoms with E-state index in [1.165, 1.54) is 12.8 Å². The summed E-state index contributed by atoms with van der Waals surface area (Å²) in [7, 11) is 0. The van der Waals surface area contributed by atoms with Crippen LogP contribution in [0.25, 0.3) is 0 Å². The van der Waals surface area contributed by atoms with E-state index >= 15 is 0 Å². The van der Waals surface area contributed by atoms with Crippen molar-refractivity contribution in [3.05, 3.63) is 89.6 Å². The van der Waals surface area contributed by atoms with Gasteiger partial charge in [-0.25, -0.2) is 4.98 Å². The molecule has 0 saturated heterocycles. The van der Waals surface area contributed by atoms with Crippen molar-refractivity contribution in [2.45, 2.75) is 58.6 Å². The minimum absolute atomic E-state index is 0.389. The Morgan fingerprint density at radius 1 is 0.935 bits per heavy atom. The van der Waals surface area contributed by atoms with E-state index in [0.717, 1.165) is 47.5 Å². The molecule has 162 valence electrons. The van der Waals surface area contributed by atoms with E-state index in [0.29, 0.717) is 18.4 Å². The average Bonchev–Trinajstić information content (AvgIpc) is 2.82. The number of nitrogens with zero attached hydrogens (tertiary/aromatic N) is 1. The fraction of sp³-hybridized carbons (Fsp3) is 0.333. The zero-order valence-corrected chi connectivity index (χ0v) is 18.6. The number of anilines is 1. The molecule has 4 nitrogen and oxygen atoms in total. The predicted octanol–water partition coefficient (Wildman–Crippen LogP) is 6.85. The van der Waals surface area contributed by atoms with Gasteiger partial charge >= 0.3 is 0 Å². The molecule has 0 amide bonds. The second-order valence-electron chi connectivity index (χ2n) is 7.85. The van der Waals surface area contributed by atoms with Crippen molar-refractivity contribution < 1.29 is 4.74 Å². The largest absolute Gasteiger partial charge is 0.489 e. The Morgan fingerprint density at radius 3 is 2.42 bits per heavy atom. The van der Waals surface area contributed by atoms with Gasteiger partial charge in [0.25, 0.3) is 0 Å². The summed E-state index contributed by atoms with van der Waals surface area (Å²) < 4.78 is 5.88. The fourth-order valence-corrected chi connectivity index (χ4v) is 3.62. The molecule has 1 unspecified atom stereocenters. The van der Waals surface area contributed by atoms with E-state index in [1.54, 1.807) is 6.20 Å². The molecule has 0 aliphatic heterocycles. The van der Waals surface area contributed by atoms with Crippen molar-refractivity contribution >= 4 is 11.5 Å². The number of unbranched alkanes of at least 4 members (excludes halogenated alkanes) is 1. The molecule has 0 spiro atoms. The van der Waals surface area contributed by atoms with Crippen LogP contribution < -0.4 is 10.1 Å². The van der Waals surface area contributed by atoms with Crippen LogP contribution >= 0.6 is 0 Å². The second-order valence-corrected chi connectivity index (χ2v) is 7.85. The van der Waals surface area contributed by atoms with Crippen molar-refractivity contribution in [1.29, 1.82) is 5.41 Å². The van der Waals surface area contributed by atoms with E-state index in [1.807, 2.05) is 66.7 Å². The molecule has 0 bridgehead atoms. The summed E-state index contributed by atoms with van der Waals surface area (Å²) in [5.41, 5.74) is 3.29. The van der Waals surface area contributed by atoms with Gasteiger partial charge in [-0.1, -0.05) is 63.4 Å². The number of ether oxygens (including phenoxy) is 1. The SMILES string of the molecule is CCCCC(CCC)Nc1ncccc1C(=N)c1ccc(OCc2ccccc2)cc1. The summed E-state index contributed by atoms with van der Waals surface area (Å²) in [5.74, 6) is 1.60. The van der Waals surface area contributed by atoms with Crippen LogP contribution in [0, 0.1) is 5.41 Å². The molecule has 4 heteroatoms. The van der Waals surface area contributed by atoms with Gasteiger partial charge in [0.1, 0.15) is 18.2 Å². The molecule has 0 saturated carbocycles. The molecule has 1 atom stereocenters. The van der Waals surface area contributed by atoms with Gasteiger partial charge in [-0.3, -0.25) is 5.41 Å². The third-order valence-corrected chi connectivity index (χ3v) is 5.35. The highest BCUT2D eigenvalue weighted by Gasteiger charge is 2.15. The first-order chi connectivity index (χ1) is 15.2. The van der Waals surface area contributed by atoms with E-state index in [2.05, 4.69) is 24.1 Å². The summed E-state index contributed by atoms with van der Waals surface area (Å²) >= 11 is 0. The van der Waals surface area contributed by atoms with Gasteiger partial charge in [0, 0.05) is 23.4 Å². The van der Waals surface area contributed by atoms with Gasteiger partial charge in [0.2, 0.25) is 0 Å². The Bertz CT molecular complexity index is 938. The van der Waals surface area contributed by atoms with Crippen LogP contribution in [0.1, 0.15) is 62.6 Å². The highest BCUT2D eigenvalue weighted by molar-refractivity contribution is 6.13. The lowest BCUT2D eigenvalue weighted by atomic mass is 10.0. The predicted molar refractivity (Wildman–Crippen MR) is 129 cm³/mol. The van der Waals surface area contributed by atoms with Gasteiger partial charge < -0.3 is 10.1 Å². The molecule has 3 aromatic rings. The van der Waals surface area contributed by atoms with Crippen LogP contribution in [0.15, 0.2) is 72.9 Å². The highest BCUT2D eigenvalue weighted by Crippen LogP contribution is 2.22. The number of hydrogen-bond donors (Lipinski definition) is 2. The van der Waals surface area contributed by atoms with Crippen molar-refractivity contribution in [1.82, 2.24) is 4.98 Å². The fourth-order valence-electron chi connectivity index (χ4n) is 3.62. The van der Waals surface area contributed by atoms with E-state index < -0.39 is 0 Å². The van der Waals surface area contributed by atoms with Crippen LogP contribution in [0.2, 0.25) is 0 Å². The van der Waals surface area contributed by atoms with E-state index in [-0.39, 0.29) is 0 Å². The number of pyridine rings is 1. The number of aromatic nitrogens is 1. The highest BCUT2D eigenvalue weighted by atomic mass is 16.5. The van der Waals surface area contributed by atoms with Gasteiger partial charge in [0.15, 0.2) is 0 Å². The first-order valence-corrected chi connectivity index (χ1v) is 11.3. The molecule has 2 aromatic carbocycles. The topological polar surface area (TPSA) is 58.0 Å². The minimum atomic E-state index is 0.389. The first-order valence-electron chi connectivity index (χ1n) is 11.3. The Balaban J connectivity index is 1.69. The van der Waals surface area contributed by atoms with Gasteiger partial charge in [-0.2, -0.15) is 0 Å². The zero-order chi connectivity index (χ0) is 21.9. The Morgan fingerprint density at radius 2 is 1.71 bits per heavy atom. The van der Waals surface area contributed by atoms with Crippen LogP contribution in [0.3, 0.4) is 0 Å². The molecule has 1 aromatic heterocycles. The molecule has 2 N–H and O–H groups in total. The van der Waals surface area contributed by atoms with Crippen LogP contribution in [0.5, 0.6) is 5.75 Å². The quantitative estimate of drug-likeness (QED) is 0.318. The normalized spacial score (nSPS) is 11.7. The van der Waals surface area contributed by atoms with Gasteiger partial charge in [-0.05, 0) is 54.8 Å². The monoisotopic (exact) mass is 415 g/mol. The maximum Gasteiger partial charge on any atom is 0.135 e. The third-order valence-electron chi connectivity index (χ3n) is 5.35. The van der Waals surface area contributed by atoms with Crippen LogP contribution in [-0.4, -0.2) is 16.7 Å². The number of hydrogen-bond acceptors (Lipinski definition) is 4. The average molecular weight is 416 g/mol.